The summed E-state index contributed by atoms with van der Waals surface area (Å²) in [6.45, 7) is 0. The molecule has 1 radical (unpaired) electrons. The van der Waals surface area contributed by atoms with Crippen LogP contribution in [0.25, 0.3) is 0 Å². The van der Waals surface area contributed by atoms with Crippen LogP contribution in [0, 0.1) is 34.9 Å². The number of phenols is 2. The predicted molar refractivity (Wildman–Crippen MR) is 69.9 cm³/mol. The van der Waals surface area contributed by atoms with Crippen LogP contribution in [-0.2, 0) is 17.1 Å². The van der Waals surface area contributed by atoms with Crippen molar-refractivity contribution in [3.63, 3.8) is 0 Å². The molecule has 6 nitrogen and oxygen atoms in total. The van der Waals surface area contributed by atoms with Gasteiger partial charge in [-0.1, -0.05) is 0 Å². The maximum atomic E-state index is 12.5. The van der Waals surface area contributed by atoms with Crippen LogP contribution in [0.4, 0.5) is 26.3 Å². The van der Waals surface area contributed by atoms with E-state index in [1.807, 2.05) is 0 Å². The van der Waals surface area contributed by atoms with E-state index in [1.165, 1.54) is 0 Å². The van der Waals surface area contributed by atoms with Crippen molar-refractivity contribution in [1.82, 2.24) is 0 Å². The van der Waals surface area contributed by atoms with Crippen molar-refractivity contribution in [2.75, 3.05) is 0 Å². The monoisotopic (exact) mass is 447 g/mol. The van der Waals surface area contributed by atoms with Crippen molar-refractivity contribution in [2.24, 2.45) is 0 Å². The van der Waals surface area contributed by atoms with Crippen LogP contribution in [0.3, 0.4) is 0 Å². The van der Waals surface area contributed by atoms with Crippen LogP contribution < -0.4 is 0 Å². The van der Waals surface area contributed by atoms with Crippen molar-refractivity contribution in [3.8, 4) is 11.5 Å². The number of aromatic hydroxyl groups is 2. The van der Waals surface area contributed by atoms with E-state index in [-0.39, 0.29) is 29.2 Å². The summed E-state index contributed by atoms with van der Waals surface area (Å²) >= 11 is 0. The molecule has 0 bridgehead atoms. The van der Waals surface area contributed by atoms with E-state index >= 15 is 0 Å². The molecule has 2 aromatic rings. The summed E-state index contributed by atoms with van der Waals surface area (Å²) in [5, 5.41) is 34.0. The molecule has 0 aliphatic heterocycles. The Balaban J connectivity index is 0.000000483. The summed E-state index contributed by atoms with van der Waals surface area (Å²) in [6.07, 6.45) is 0. The molecule has 0 heterocycles. The molecule has 2 rings (SSSR count). The predicted octanol–water partition coefficient (Wildman–Crippen LogP) is 3.01. The summed E-state index contributed by atoms with van der Waals surface area (Å²) in [5.74, 6) is -17.2. The zero-order valence-corrected chi connectivity index (χ0v) is 13.3. The van der Waals surface area contributed by atoms with Gasteiger partial charge in [-0.15, -0.1) is 0 Å². The van der Waals surface area contributed by atoms with Crippen LogP contribution in [0.2, 0.25) is 0 Å². The van der Waals surface area contributed by atoms with Crippen molar-refractivity contribution in [2.45, 2.75) is 0 Å². The number of rotatable bonds is 2. The molecule has 0 spiro atoms. The number of halogens is 6. The third kappa shape index (κ3) is 5.05. The van der Waals surface area contributed by atoms with Gasteiger partial charge in [0.05, 0.1) is 0 Å². The SMILES string of the molecule is O=C(O)c1cc(F)c(F)c(F)c1O.O=C(O)c1cc(F)c(F)c(F)c1O.[Cu]. The largest absolute Gasteiger partial charge is 0.504 e. The summed E-state index contributed by atoms with van der Waals surface area (Å²) in [6, 6.07) is 0.409. The number of benzene rings is 2. The van der Waals surface area contributed by atoms with Crippen molar-refractivity contribution < 1.29 is 73.4 Å². The minimum Gasteiger partial charge on any atom is -0.504 e. The Morgan fingerprint density at radius 2 is 0.889 bits per heavy atom. The second-order valence-corrected chi connectivity index (χ2v) is 4.38. The summed E-state index contributed by atoms with van der Waals surface area (Å²) in [4.78, 5) is 20.4. The normalized spacial score (nSPS) is 9.70. The fourth-order valence-corrected chi connectivity index (χ4v) is 1.50. The molecular formula is C14H6CuF6O6. The fraction of sp³-hybridized carbons (Fsp3) is 0. The Kier molecular flexibility index (Phi) is 8.15. The van der Waals surface area contributed by atoms with Crippen molar-refractivity contribution in [1.29, 1.82) is 0 Å². The smallest absolute Gasteiger partial charge is 0.339 e. The summed E-state index contributed by atoms with van der Waals surface area (Å²) in [5.41, 5.74) is -2.03. The van der Waals surface area contributed by atoms with Gasteiger partial charge < -0.3 is 20.4 Å². The standard InChI is InChI=1S/2C7H3F3O3.Cu/c2*8-3-1-2(7(12)13)6(11)5(10)4(3)9;/h2*1,11H,(H,12,13);. The first kappa shape index (κ1) is 24.1. The molecule has 0 amide bonds. The van der Waals surface area contributed by atoms with Crippen molar-refractivity contribution in [3.05, 3.63) is 58.2 Å². The van der Waals surface area contributed by atoms with Gasteiger partial charge in [-0.05, 0) is 12.1 Å². The molecule has 4 N–H and O–H groups in total. The quantitative estimate of drug-likeness (QED) is 0.320. The number of hydrogen-bond acceptors (Lipinski definition) is 4. The van der Waals surface area contributed by atoms with Gasteiger partial charge in [0.1, 0.15) is 11.1 Å². The van der Waals surface area contributed by atoms with Gasteiger partial charge in [0.25, 0.3) is 0 Å². The number of aromatic carboxylic acids is 2. The van der Waals surface area contributed by atoms with E-state index in [2.05, 4.69) is 0 Å². The Morgan fingerprint density at radius 1 is 0.630 bits per heavy atom. The summed E-state index contributed by atoms with van der Waals surface area (Å²) < 4.78 is 74.4. The van der Waals surface area contributed by atoms with Crippen LogP contribution in [-0.4, -0.2) is 32.4 Å². The van der Waals surface area contributed by atoms with Gasteiger partial charge in [0.2, 0.25) is 11.6 Å². The van der Waals surface area contributed by atoms with E-state index in [0.29, 0.717) is 0 Å². The number of carboxylic acids is 2. The molecule has 0 fully saturated rings. The Morgan fingerprint density at radius 3 is 1.11 bits per heavy atom. The zero-order chi connectivity index (χ0) is 20.3. The molecule has 27 heavy (non-hydrogen) atoms. The first-order valence-corrected chi connectivity index (χ1v) is 6.09. The number of hydrogen-bond donors (Lipinski definition) is 4. The topological polar surface area (TPSA) is 115 Å². The molecule has 0 atom stereocenters. The Bertz CT molecular complexity index is 831. The van der Waals surface area contributed by atoms with Crippen LogP contribution in [0.1, 0.15) is 20.7 Å². The average molecular weight is 448 g/mol. The minimum atomic E-state index is -1.91. The maximum Gasteiger partial charge on any atom is 0.339 e. The van der Waals surface area contributed by atoms with Gasteiger partial charge in [-0.2, -0.15) is 8.78 Å². The van der Waals surface area contributed by atoms with Gasteiger partial charge in [0, 0.05) is 17.1 Å². The molecule has 151 valence electrons. The van der Waals surface area contributed by atoms with E-state index in [1.54, 1.807) is 0 Å². The summed E-state index contributed by atoms with van der Waals surface area (Å²) in [7, 11) is 0. The van der Waals surface area contributed by atoms with E-state index in [0.717, 1.165) is 0 Å². The molecule has 0 aliphatic carbocycles. The Labute approximate surface area is 155 Å². The van der Waals surface area contributed by atoms with Crippen LogP contribution in [0.15, 0.2) is 12.1 Å². The van der Waals surface area contributed by atoms with E-state index in [4.69, 9.17) is 20.4 Å². The maximum absolute atomic E-state index is 12.5. The molecular weight excluding hydrogens is 442 g/mol. The molecule has 0 saturated heterocycles. The van der Waals surface area contributed by atoms with Crippen molar-refractivity contribution >= 4 is 11.9 Å². The minimum absolute atomic E-state index is 0. The zero-order valence-electron chi connectivity index (χ0n) is 12.3. The first-order chi connectivity index (χ1) is 11.9. The molecule has 0 saturated carbocycles. The van der Waals surface area contributed by atoms with Gasteiger partial charge >= 0.3 is 11.9 Å². The van der Waals surface area contributed by atoms with Gasteiger partial charge in [-0.25, -0.2) is 27.2 Å². The number of carbonyl (C=O) groups is 2. The van der Waals surface area contributed by atoms with Crippen LogP contribution >= 0.6 is 0 Å². The van der Waals surface area contributed by atoms with E-state index < -0.39 is 69.5 Å². The second-order valence-electron chi connectivity index (χ2n) is 4.38. The van der Waals surface area contributed by atoms with Gasteiger partial charge in [-0.3, -0.25) is 0 Å². The first-order valence-electron chi connectivity index (χ1n) is 6.09. The molecule has 13 heteroatoms. The van der Waals surface area contributed by atoms with E-state index in [9.17, 15) is 35.9 Å². The second kappa shape index (κ2) is 9.14. The molecule has 0 unspecified atom stereocenters. The van der Waals surface area contributed by atoms with Crippen LogP contribution in [0.5, 0.6) is 11.5 Å². The van der Waals surface area contributed by atoms with Gasteiger partial charge in [0.15, 0.2) is 34.8 Å². The molecule has 0 aliphatic rings. The third-order valence-corrected chi connectivity index (χ3v) is 2.73. The fourth-order valence-electron chi connectivity index (χ4n) is 1.50. The number of carboxylic acid groups (broad SMARTS) is 2. The molecule has 2 aromatic carbocycles. The average Bonchev–Trinajstić information content (AvgIpc) is 2.57. The Hall–Kier alpha value is -2.92. The third-order valence-electron chi connectivity index (χ3n) is 2.73. The molecule has 0 aromatic heterocycles.